The van der Waals surface area contributed by atoms with Gasteiger partial charge in [0.05, 0.1) is 11.3 Å². The molecule has 0 amide bonds. The molecule has 130 valence electrons. The fourth-order valence-electron chi connectivity index (χ4n) is 2.87. The van der Waals surface area contributed by atoms with Gasteiger partial charge in [-0.15, -0.1) is 0 Å². The van der Waals surface area contributed by atoms with Crippen LogP contribution in [0.15, 0.2) is 18.2 Å². The van der Waals surface area contributed by atoms with Crippen LogP contribution in [-0.4, -0.2) is 35.9 Å². The molecule has 1 aromatic carbocycles. The summed E-state index contributed by atoms with van der Waals surface area (Å²) in [5.74, 6) is -0.145. The monoisotopic (exact) mass is 343 g/mol. The maximum Gasteiger partial charge on any atom is 0.338 e. The van der Waals surface area contributed by atoms with Gasteiger partial charge in [-0.3, -0.25) is 9.59 Å². The number of aryl methyl sites for hydroxylation is 1. The highest BCUT2D eigenvalue weighted by Gasteiger charge is 2.22. The highest BCUT2D eigenvalue weighted by atomic mass is 16.7. The molecule has 1 N–H and O–H groups in total. The molecule has 0 unspecified atom stereocenters. The van der Waals surface area contributed by atoms with Crippen molar-refractivity contribution in [1.82, 2.24) is 4.98 Å². The van der Waals surface area contributed by atoms with Gasteiger partial charge in [0.2, 0.25) is 12.6 Å². The van der Waals surface area contributed by atoms with Gasteiger partial charge in [0.15, 0.2) is 23.9 Å². The molecule has 2 aromatic rings. The Kier molecular flexibility index (Phi) is 4.31. The van der Waals surface area contributed by atoms with E-state index in [0.29, 0.717) is 28.3 Å². The van der Waals surface area contributed by atoms with Crippen molar-refractivity contribution in [2.45, 2.75) is 20.8 Å². The second-order valence-corrected chi connectivity index (χ2v) is 5.75. The summed E-state index contributed by atoms with van der Waals surface area (Å²) in [4.78, 5) is 38.9. The number of Topliss-reactive ketones (excluding diaryl/α,β-unsaturated/α-hetero) is 2. The fraction of sp³-hybridized carbons (Fsp3) is 0.278. The van der Waals surface area contributed by atoms with Crippen molar-refractivity contribution in [3.8, 4) is 11.5 Å². The first kappa shape index (κ1) is 16.8. The fourth-order valence-corrected chi connectivity index (χ4v) is 2.87. The van der Waals surface area contributed by atoms with Crippen molar-refractivity contribution >= 4 is 17.5 Å². The average Bonchev–Trinajstić information content (AvgIpc) is 3.15. The number of nitrogens with one attached hydrogen (secondary N) is 1. The van der Waals surface area contributed by atoms with Crippen LogP contribution < -0.4 is 9.47 Å². The van der Waals surface area contributed by atoms with Crippen molar-refractivity contribution in [1.29, 1.82) is 0 Å². The Morgan fingerprint density at radius 2 is 1.88 bits per heavy atom. The van der Waals surface area contributed by atoms with E-state index in [2.05, 4.69) is 4.98 Å². The lowest BCUT2D eigenvalue weighted by molar-refractivity contribution is 0.0473. The maximum absolute atomic E-state index is 12.3. The van der Waals surface area contributed by atoms with E-state index in [1.165, 1.54) is 19.1 Å². The topological polar surface area (TPSA) is 94.7 Å². The van der Waals surface area contributed by atoms with Crippen LogP contribution in [0.2, 0.25) is 0 Å². The van der Waals surface area contributed by atoms with Crippen molar-refractivity contribution < 1.29 is 28.6 Å². The minimum Gasteiger partial charge on any atom is -0.454 e. The number of hydrogen-bond acceptors (Lipinski definition) is 6. The van der Waals surface area contributed by atoms with Crippen LogP contribution in [0.5, 0.6) is 11.5 Å². The molecule has 0 bridgehead atoms. The van der Waals surface area contributed by atoms with Gasteiger partial charge in [-0.1, -0.05) is 0 Å². The van der Waals surface area contributed by atoms with E-state index >= 15 is 0 Å². The van der Waals surface area contributed by atoms with Crippen LogP contribution in [0, 0.1) is 13.8 Å². The van der Waals surface area contributed by atoms with Gasteiger partial charge >= 0.3 is 5.97 Å². The Morgan fingerprint density at radius 1 is 1.16 bits per heavy atom. The molecule has 0 fully saturated rings. The van der Waals surface area contributed by atoms with E-state index in [0.717, 1.165) is 0 Å². The van der Waals surface area contributed by atoms with E-state index in [4.69, 9.17) is 14.2 Å². The minimum absolute atomic E-state index is 0.107. The van der Waals surface area contributed by atoms with Gasteiger partial charge in [-0.2, -0.15) is 0 Å². The first-order valence-electron chi connectivity index (χ1n) is 7.68. The summed E-state index contributed by atoms with van der Waals surface area (Å²) >= 11 is 0. The SMILES string of the molecule is CC(=O)c1c(C)[nH]c(C(=O)COC(=O)c2ccc3c(c2)OCO3)c1C. The number of carbonyl (C=O) groups is 3. The number of ketones is 2. The molecule has 0 radical (unpaired) electrons. The molecule has 3 rings (SSSR count). The number of aromatic amines is 1. The quantitative estimate of drug-likeness (QED) is 0.662. The number of carbonyl (C=O) groups excluding carboxylic acids is 3. The lowest BCUT2D eigenvalue weighted by Crippen LogP contribution is -2.15. The van der Waals surface area contributed by atoms with E-state index in [9.17, 15) is 14.4 Å². The summed E-state index contributed by atoms with van der Waals surface area (Å²) in [6.45, 7) is 4.53. The molecule has 1 aromatic heterocycles. The number of H-pyrrole nitrogens is 1. The lowest BCUT2D eigenvalue weighted by Gasteiger charge is -2.05. The van der Waals surface area contributed by atoms with E-state index in [1.54, 1.807) is 19.9 Å². The van der Waals surface area contributed by atoms with Gasteiger partial charge in [0.25, 0.3) is 0 Å². The third kappa shape index (κ3) is 3.13. The highest BCUT2D eigenvalue weighted by molar-refractivity contribution is 6.04. The molecule has 1 aliphatic heterocycles. The summed E-state index contributed by atoms with van der Waals surface area (Å²) < 4.78 is 15.5. The summed E-state index contributed by atoms with van der Waals surface area (Å²) in [5, 5.41) is 0. The van der Waals surface area contributed by atoms with Gasteiger partial charge in [0.1, 0.15) is 0 Å². The first-order valence-corrected chi connectivity index (χ1v) is 7.68. The Hall–Kier alpha value is -3.09. The zero-order valence-electron chi connectivity index (χ0n) is 14.1. The van der Waals surface area contributed by atoms with E-state index in [1.807, 2.05) is 0 Å². The number of fused-ring (bicyclic) bond motifs is 1. The van der Waals surface area contributed by atoms with Crippen LogP contribution in [-0.2, 0) is 4.74 Å². The second-order valence-electron chi connectivity index (χ2n) is 5.75. The number of esters is 1. The molecule has 0 saturated carbocycles. The molecular formula is C18H17NO6. The van der Waals surface area contributed by atoms with Crippen molar-refractivity contribution in [2.75, 3.05) is 13.4 Å². The number of aromatic nitrogens is 1. The average molecular weight is 343 g/mol. The normalized spacial score (nSPS) is 12.1. The Bertz CT molecular complexity index is 880. The molecule has 0 saturated heterocycles. The molecule has 7 nitrogen and oxygen atoms in total. The molecule has 0 aliphatic carbocycles. The van der Waals surface area contributed by atoms with Gasteiger partial charge in [-0.05, 0) is 44.5 Å². The van der Waals surface area contributed by atoms with Gasteiger partial charge in [-0.25, -0.2) is 4.79 Å². The third-order valence-electron chi connectivity index (χ3n) is 4.01. The number of benzene rings is 1. The van der Waals surface area contributed by atoms with Crippen LogP contribution in [0.25, 0.3) is 0 Å². The van der Waals surface area contributed by atoms with Crippen LogP contribution in [0.4, 0.5) is 0 Å². The van der Waals surface area contributed by atoms with Gasteiger partial charge in [0, 0.05) is 11.3 Å². The molecule has 2 heterocycles. The summed E-state index contributed by atoms with van der Waals surface area (Å²) in [6.07, 6.45) is 0. The molecule has 0 spiro atoms. The predicted molar refractivity (Wildman–Crippen MR) is 87.4 cm³/mol. The van der Waals surface area contributed by atoms with Crippen molar-refractivity contribution in [3.05, 3.63) is 46.3 Å². The largest absolute Gasteiger partial charge is 0.454 e. The molecular weight excluding hydrogens is 326 g/mol. The van der Waals surface area contributed by atoms with Crippen LogP contribution in [0.1, 0.15) is 49.4 Å². The highest BCUT2D eigenvalue weighted by Crippen LogP contribution is 2.32. The molecule has 0 atom stereocenters. The smallest absolute Gasteiger partial charge is 0.338 e. The number of rotatable bonds is 5. The van der Waals surface area contributed by atoms with E-state index in [-0.39, 0.29) is 23.8 Å². The van der Waals surface area contributed by atoms with Gasteiger partial charge < -0.3 is 19.2 Å². The van der Waals surface area contributed by atoms with Crippen LogP contribution >= 0.6 is 0 Å². The van der Waals surface area contributed by atoms with E-state index < -0.39 is 18.4 Å². The summed E-state index contributed by atoms with van der Waals surface area (Å²) in [5.41, 5.74) is 2.22. The predicted octanol–water partition coefficient (Wildman–Crippen LogP) is 2.60. The first-order chi connectivity index (χ1) is 11.9. The lowest BCUT2D eigenvalue weighted by atomic mass is 10.1. The Balaban J connectivity index is 1.69. The zero-order valence-corrected chi connectivity index (χ0v) is 14.1. The number of ether oxygens (including phenoxy) is 3. The third-order valence-corrected chi connectivity index (χ3v) is 4.01. The summed E-state index contributed by atoms with van der Waals surface area (Å²) in [7, 11) is 0. The second kappa shape index (κ2) is 6.43. The standard InChI is InChI=1S/C18H17NO6/c1-9-16(11(3)20)10(2)19-17(9)13(21)7-23-18(22)12-4-5-14-15(6-12)25-8-24-14/h4-6,19H,7-8H2,1-3H3. The van der Waals surface area contributed by atoms with Crippen molar-refractivity contribution in [3.63, 3.8) is 0 Å². The maximum atomic E-state index is 12.3. The van der Waals surface area contributed by atoms with Crippen molar-refractivity contribution in [2.24, 2.45) is 0 Å². The minimum atomic E-state index is -0.639. The number of hydrogen-bond donors (Lipinski definition) is 1. The van der Waals surface area contributed by atoms with Crippen LogP contribution in [0.3, 0.4) is 0 Å². The molecule has 25 heavy (non-hydrogen) atoms. The molecule has 1 aliphatic rings. The Morgan fingerprint density at radius 3 is 2.56 bits per heavy atom. The Labute approximate surface area is 143 Å². The zero-order chi connectivity index (χ0) is 18.1. The molecule has 7 heteroatoms. The summed E-state index contributed by atoms with van der Waals surface area (Å²) in [6, 6.07) is 4.66.